The van der Waals surface area contributed by atoms with E-state index in [9.17, 15) is 4.79 Å². The minimum absolute atomic E-state index is 0.0676. The van der Waals surface area contributed by atoms with E-state index in [1.165, 1.54) is 3.93 Å². The molecule has 1 aliphatic rings. The van der Waals surface area contributed by atoms with E-state index >= 15 is 0 Å². The third kappa shape index (κ3) is 4.48. The first-order valence-electron chi connectivity index (χ1n) is 7.14. The Morgan fingerprint density at radius 3 is 2.39 bits per heavy atom. The molecule has 0 saturated heterocycles. The van der Waals surface area contributed by atoms with Gasteiger partial charge in [0.2, 0.25) is 0 Å². The van der Waals surface area contributed by atoms with E-state index in [0.717, 1.165) is 19.3 Å². The van der Waals surface area contributed by atoms with Gasteiger partial charge in [0.1, 0.15) is 0 Å². The number of hydrogen-bond acceptors (Lipinski definition) is 3. The molecule has 1 rings (SSSR count). The van der Waals surface area contributed by atoms with Crippen molar-refractivity contribution in [1.82, 2.24) is 0 Å². The average molecular weight is 443 g/mol. The van der Waals surface area contributed by atoms with Crippen molar-refractivity contribution < 1.29 is 38.8 Å². The standard InChI is InChI=1S/C13H23O3.CH3.Hg/c1-9-10(15-5)7-6-8-11(9)16-12(14)13(2,3)4;;/h9-11H,1,6-8H2,2-5H3;1H3;/t9-,10+,11+;;/m0../s1. The number of rotatable bonds is 4. The van der Waals surface area contributed by atoms with Gasteiger partial charge in [-0.25, -0.2) is 0 Å². The van der Waals surface area contributed by atoms with E-state index in [-0.39, 0.29) is 12.1 Å². The molecule has 0 spiro atoms. The minimum atomic E-state index is -0.732. The number of methoxy groups -OCH3 is 1. The second-order valence-electron chi connectivity index (χ2n) is 6.35. The first-order chi connectivity index (χ1) is 8.40. The van der Waals surface area contributed by atoms with E-state index in [1.54, 1.807) is 7.11 Å². The van der Waals surface area contributed by atoms with Crippen LogP contribution in [0.2, 0.25) is 8.36 Å². The van der Waals surface area contributed by atoms with Crippen molar-refractivity contribution in [2.45, 2.75) is 60.6 Å². The second kappa shape index (κ2) is 7.23. The molecule has 3 nitrogen and oxygen atoms in total. The fraction of sp³-hybridized carbons (Fsp3) is 0.929. The fourth-order valence-corrected chi connectivity index (χ4v) is 8.13. The molecule has 0 aromatic carbocycles. The van der Waals surface area contributed by atoms with Gasteiger partial charge < -0.3 is 0 Å². The summed E-state index contributed by atoms with van der Waals surface area (Å²) in [6.45, 7) is 5.75. The van der Waals surface area contributed by atoms with Gasteiger partial charge in [-0.05, 0) is 0 Å². The van der Waals surface area contributed by atoms with Gasteiger partial charge in [-0.3, -0.25) is 0 Å². The van der Waals surface area contributed by atoms with Crippen LogP contribution in [-0.4, -0.2) is 25.3 Å². The van der Waals surface area contributed by atoms with Crippen LogP contribution in [0.1, 0.15) is 40.0 Å². The molecule has 0 amide bonds. The van der Waals surface area contributed by atoms with Gasteiger partial charge in [0, 0.05) is 0 Å². The summed E-state index contributed by atoms with van der Waals surface area (Å²) in [5, 5.41) is 0. The predicted molar refractivity (Wildman–Crippen MR) is 68.1 cm³/mol. The van der Waals surface area contributed by atoms with Crippen LogP contribution in [0.15, 0.2) is 0 Å². The molecule has 18 heavy (non-hydrogen) atoms. The summed E-state index contributed by atoms with van der Waals surface area (Å²) in [4.78, 5) is 12.0. The molecule has 102 valence electrons. The summed E-state index contributed by atoms with van der Waals surface area (Å²) in [5.74, 6) is 0.392. The van der Waals surface area contributed by atoms with Crippen LogP contribution >= 0.6 is 0 Å². The Morgan fingerprint density at radius 2 is 1.89 bits per heavy atom. The maximum atomic E-state index is 12.0. The van der Waals surface area contributed by atoms with Crippen molar-refractivity contribution in [1.29, 1.82) is 0 Å². The normalized spacial score (nSPS) is 28.6. The van der Waals surface area contributed by atoms with E-state index in [0.29, 0.717) is 12.0 Å². The van der Waals surface area contributed by atoms with Crippen LogP contribution in [0.3, 0.4) is 0 Å². The van der Waals surface area contributed by atoms with Gasteiger partial charge in [-0.15, -0.1) is 0 Å². The van der Waals surface area contributed by atoms with Gasteiger partial charge in [0.05, 0.1) is 0 Å². The van der Waals surface area contributed by atoms with Gasteiger partial charge in [-0.1, -0.05) is 0 Å². The molecule has 4 heteroatoms. The Morgan fingerprint density at radius 1 is 1.28 bits per heavy atom. The topological polar surface area (TPSA) is 35.5 Å². The number of carbonyl (C=O) groups is 1. The van der Waals surface area contributed by atoms with Crippen LogP contribution in [-0.2, 0) is 38.8 Å². The van der Waals surface area contributed by atoms with Crippen LogP contribution in [0, 0.1) is 11.3 Å². The molecular formula is C14H26HgO3. The molecule has 0 aliphatic heterocycles. The Labute approximate surface area is 123 Å². The Kier molecular flexibility index (Phi) is 6.59. The zero-order chi connectivity index (χ0) is 13.8. The summed E-state index contributed by atoms with van der Waals surface area (Å²) in [5.41, 5.74) is -0.402. The Balaban J connectivity index is 2.68. The molecule has 0 radical (unpaired) electrons. The summed E-state index contributed by atoms with van der Waals surface area (Å²) < 4.78 is 15.1. The van der Waals surface area contributed by atoms with Gasteiger partial charge in [-0.2, -0.15) is 0 Å². The number of ether oxygens (including phenoxy) is 2. The monoisotopic (exact) mass is 444 g/mol. The molecule has 0 aromatic heterocycles. The molecule has 0 bridgehead atoms. The van der Waals surface area contributed by atoms with E-state index in [4.69, 9.17) is 9.47 Å². The SMILES string of the molecule is CO[C@@H]1CCC[C@@H](OC(=O)C(C)(C)C)[C@H]1[CH2][Hg][CH3]. The number of esters is 1. The zero-order valence-electron chi connectivity index (χ0n) is 12.5. The third-order valence-electron chi connectivity index (χ3n) is 3.73. The first kappa shape index (κ1) is 16.4. The molecule has 0 N–H and O–H groups in total. The van der Waals surface area contributed by atoms with Crippen molar-refractivity contribution in [2.24, 2.45) is 11.3 Å². The molecule has 0 heterocycles. The zero-order valence-corrected chi connectivity index (χ0v) is 18.0. The molecule has 0 unspecified atom stereocenters. The Hall–Kier alpha value is 0.365. The van der Waals surface area contributed by atoms with E-state index in [2.05, 4.69) is 4.43 Å². The summed E-state index contributed by atoms with van der Waals surface area (Å²) in [6.07, 6.45) is 3.64. The molecule has 1 aliphatic carbocycles. The van der Waals surface area contributed by atoms with Gasteiger partial charge in [0.25, 0.3) is 0 Å². The molecule has 1 saturated carbocycles. The van der Waals surface area contributed by atoms with Crippen LogP contribution < -0.4 is 0 Å². The van der Waals surface area contributed by atoms with Crippen molar-refractivity contribution in [3.8, 4) is 0 Å². The van der Waals surface area contributed by atoms with E-state index < -0.39 is 30.0 Å². The van der Waals surface area contributed by atoms with Gasteiger partial charge in [0.15, 0.2) is 0 Å². The fourth-order valence-electron chi connectivity index (χ4n) is 2.65. The molecular weight excluding hydrogens is 417 g/mol. The van der Waals surface area contributed by atoms with Crippen LogP contribution in [0.25, 0.3) is 0 Å². The van der Waals surface area contributed by atoms with Crippen LogP contribution in [0.4, 0.5) is 0 Å². The van der Waals surface area contributed by atoms with Crippen molar-refractivity contribution >= 4 is 5.97 Å². The molecule has 1 fully saturated rings. The first-order valence-corrected chi connectivity index (χ1v) is 16.5. The van der Waals surface area contributed by atoms with Crippen molar-refractivity contribution in [3.63, 3.8) is 0 Å². The van der Waals surface area contributed by atoms with E-state index in [1.807, 2.05) is 20.8 Å². The summed E-state index contributed by atoms with van der Waals surface area (Å²) in [6, 6.07) is 0. The van der Waals surface area contributed by atoms with Crippen LogP contribution in [0.5, 0.6) is 0 Å². The second-order valence-corrected chi connectivity index (χ2v) is 12.5. The predicted octanol–water partition coefficient (Wildman–Crippen LogP) is 3.31. The Bertz CT molecular complexity index is 273. The maximum absolute atomic E-state index is 12.0. The van der Waals surface area contributed by atoms with Gasteiger partial charge >= 0.3 is 124 Å². The molecule has 3 atom stereocenters. The van der Waals surface area contributed by atoms with Crippen molar-refractivity contribution in [2.75, 3.05) is 7.11 Å². The van der Waals surface area contributed by atoms with Crippen molar-refractivity contribution in [3.05, 3.63) is 0 Å². The summed E-state index contributed by atoms with van der Waals surface area (Å²) in [7, 11) is 1.79. The number of hydrogen-bond donors (Lipinski definition) is 0. The third-order valence-corrected chi connectivity index (χ3v) is 8.56. The number of carbonyl (C=O) groups excluding carboxylic acids is 1. The summed E-state index contributed by atoms with van der Waals surface area (Å²) >= 11 is -0.732. The quantitative estimate of drug-likeness (QED) is 0.495. The average Bonchev–Trinajstić information content (AvgIpc) is 2.30. The molecule has 0 aromatic rings.